The molecule has 0 radical (unpaired) electrons. The third-order valence-corrected chi connectivity index (χ3v) is 4.78. The number of halogens is 1. The van der Waals surface area contributed by atoms with Crippen molar-refractivity contribution in [2.24, 2.45) is 0 Å². The molecule has 0 atom stereocenters. The van der Waals surface area contributed by atoms with Crippen LogP contribution < -0.4 is 5.32 Å². The van der Waals surface area contributed by atoms with Gasteiger partial charge in [-0.3, -0.25) is 4.79 Å². The molecule has 0 unspecified atom stereocenters. The molecule has 4 rings (SSSR count). The van der Waals surface area contributed by atoms with E-state index in [0.717, 1.165) is 33.8 Å². The molecule has 0 spiro atoms. The monoisotopic (exact) mass is 386 g/mol. The van der Waals surface area contributed by atoms with E-state index in [2.05, 4.69) is 15.6 Å². The number of amides is 1. The van der Waals surface area contributed by atoms with E-state index >= 15 is 0 Å². The van der Waals surface area contributed by atoms with Crippen LogP contribution in [0.25, 0.3) is 16.9 Å². The van der Waals surface area contributed by atoms with Crippen molar-refractivity contribution in [3.05, 3.63) is 95.4 Å². The van der Waals surface area contributed by atoms with Crippen LogP contribution in [0.5, 0.6) is 0 Å². The van der Waals surface area contributed by atoms with Crippen molar-refractivity contribution in [3.63, 3.8) is 0 Å². The lowest BCUT2D eigenvalue weighted by Crippen LogP contribution is -2.14. The Morgan fingerprint density at radius 3 is 2.24 bits per heavy atom. The average Bonchev–Trinajstić information content (AvgIpc) is 3.21. The Balaban J connectivity index is 1.58. The van der Waals surface area contributed by atoms with Gasteiger partial charge in [0.05, 0.1) is 17.6 Å². The number of rotatable bonds is 4. The molecule has 5 nitrogen and oxygen atoms in total. The Morgan fingerprint density at radius 2 is 1.59 bits per heavy atom. The second-order valence-corrected chi connectivity index (χ2v) is 6.81. The summed E-state index contributed by atoms with van der Waals surface area (Å²) in [6.07, 6.45) is 1.62. The summed E-state index contributed by atoms with van der Waals surface area (Å²) in [5.74, 6) is -0.474. The fourth-order valence-electron chi connectivity index (χ4n) is 3.19. The Bertz CT molecular complexity index is 1140. The first-order valence-corrected chi connectivity index (χ1v) is 9.17. The van der Waals surface area contributed by atoms with Crippen LogP contribution in [0.2, 0.25) is 0 Å². The summed E-state index contributed by atoms with van der Waals surface area (Å²) in [6, 6.07) is 19.1. The van der Waals surface area contributed by atoms with E-state index in [1.807, 2.05) is 32.0 Å². The number of para-hydroxylation sites is 1. The van der Waals surface area contributed by atoms with Gasteiger partial charge in [-0.25, -0.2) is 9.07 Å². The Hall–Kier alpha value is -3.80. The zero-order valence-electron chi connectivity index (χ0n) is 16.1. The van der Waals surface area contributed by atoms with Gasteiger partial charge < -0.3 is 5.32 Å². The van der Waals surface area contributed by atoms with Crippen LogP contribution in [-0.4, -0.2) is 20.9 Å². The predicted octanol–water partition coefficient (Wildman–Crippen LogP) is 4.94. The summed E-state index contributed by atoms with van der Waals surface area (Å²) in [4.78, 5) is 12.7. The van der Waals surface area contributed by atoms with Crippen molar-refractivity contribution in [3.8, 4) is 16.9 Å². The number of benzene rings is 3. The summed E-state index contributed by atoms with van der Waals surface area (Å²) in [5, 5.41) is 11.1. The third-order valence-electron chi connectivity index (χ3n) is 4.78. The largest absolute Gasteiger partial charge is 0.322 e. The van der Waals surface area contributed by atoms with E-state index < -0.39 is 0 Å². The molecule has 1 heterocycles. The van der Waals surface area contributed by atoms with E-state index in [-0.39, 0.29) is 11.7 Å². The van der Waals surface area contributed by atoms with Gasteiger partial charge >= 0.3 is 0 Å². The van der Waals surface area contributed by atoms with E-state index in [1.165, 1.54) is 12.1 Å². The topological polar surface area (TPSA) is 59.8 Å². The Kier molecular flexibility index (Phi) is 4.91. The normalized spacial score (nSPS) is 10.7. The zero-order valence-corrected chi connectivity index (χ0v) is 16.1. The molecule has 0 fully saturated rings. The van der Waals surface area contributed by atoms with Crippen molar-refractivity contribution < 1.29 is 9.18 Å². The zero-order chi connectivity index (χ0) is 20.4. The highest BCUT2D eigenvalue weighted by Gasteiger charge is 2.12. The molecule has 4 aromatic rings. The number of carbonyl (C=O) groups is 1. The minimum absolute atomic E-state index is 0.175. The van der Waals surface area contributed by atoms with Crippen molar-refractivity contribution >= 4 is 11.6 Å². The van der Waals surface area contributed by atoms with Gasteiger partial charge in [-0.2, -0.15) is 0 Å². The van der Waals surface area contributed by atoms with Crippen molar-refractivity contribution in [2.75, 3.05) is 5.32 Å². The minimum Gasteiger partial charge on any atom is -0.322 e. The molecule has 1 amide bonds. The molecule has 29 heavy (non-hydrogen) atoms. The molecule has 0 aliphatic rings. The second kappa shape index (κ2) is 7.67. The first-order chi connectivity index (χ1) is 14.0. The molecule has 6 heteroatoms. The van der Waals surface area contributed by atoms with E-state index in [0.29, 0.717) is 5.56 Å². The van der Waals surface area contributed by atoms with Gasteiger partial charge in [0.1, 0.15) is 5.82 Å². The predicted molar refractivity (Wildman–Crippen MR) is 111 cm³/mol. The van der Waals surface area contributed by atoms with E-state index in [1.54, 1.807) is 47.3 Å². The van der Waals surface area contributed by atoms with Crippen LogP contribution in [0, 0.1) is 19.7 Å². The summed E-state index contributed by atoms with van der Waals surface area (Å²) in [6.45, 7) is 3.93. The maximum Gasteiger partial charge on any atom is 0.255 e. The van der Waals surface area contributed by atoms with Gasteiger partial charge in [0.25, 0.3) is 5.91 Å². The molecule has 1 N–H and O–H groups in total. The molecular weight excluding hydrogens is 367 g/mol. The summed E-state index contributed by atoms with van der Waals surface area (Å²) in [7, 11) is 0. The third kappa shape index (κ3) is 3.78. The number of hydrogen-bond donors (Lipinski definition) is 1. The van der Waals surface area contributed by atoms with Gasteiger partial charge in [0.2, 0.25) is 0 Å². The number of hydrogen-bond acceptors (Lipinski definition) is 3. The molecule has 0 aliphatic carbocycles. The lowest BCUT2D eigenvalue weighted by Gasteiger charge is -2.12. The summed E-state index contributed by atoms with van der Waals surface area (Å²) in [5.41, 5.74) is 5.69. The van der Waals surface area contributed by atoms with Crippen molar-refractivity contribution in [1.29, 1.82) is 0 Å². The van der Waals surface area contributed by atoms with Crippen LogP contribution in [-0.2, 0) is 0 Å². The van der Waals surface area contributed by atoms with Gasteiger partial charge in [-0.05, 0) is 73.5 Å². The molecule has 0 bridgehead atoms. The lowest BCUT2D eigenvalue weighted by molar-refractivity contribution is 0.102. The maximum absolute atomic E-state index is 13.2. The van der Waals surface area contributed by atoms with Crippen LogP contribution in [0.4, 0.5) is 10.1 Å². The maximum atomic E-state index is 13.2. The fourth-order valence-corrected chi connectivity index (χ4v) is 3.19. The Labute approximate surface area is 167 Å². The van der Waals surface area contributed by atoms with Crippen LogP contribution in [0.15, 0.2) is 72.9 Å². The van der Waals surface area contributed by atoms with Crippen LogP contribution in [0.3, 0.4) is 0 Å². The number of nitrogens with zero attached hydrogens (tertiary/aromatic N) is 3. The van der Waals surface area contributed by atoms with Gasteiger partial charge in [0, 0.05) is 16.8 Å². The van der Waals surface area contributed by atoms with Gasteiger partial charge in [0.15, 0.2) is 0 Å². The summed E-state index contributed by atoms with van der Waals surface area (Å²) >= 11 is 0. The number of anilines is 1. The second-order valence-electron chi connectivity index (χ2n) is 6.81. The molecule has 1 aromatic heterocycles. The van der Waals surface area contributed by atoms with E-state index in [4.69, 9.17) is 0 Å². The minimum atomic E-state index is -0.299. The van der Waals surface area contributed by atoms with Gasteiger partial charge in [-0.1, -0.05) is 23.4 Å². The average molecular weight is 386 g/mol. The molecule has 0 saturated heterocycles. The van der Waals surface area contributed by atoms with E-state index in [9.17, 15) is 9.18 Å². The smallest absolute Gasteiger partial charge is 0.255 e. The number of aromatic nitrogens is 3. The fraction of sp³-hybridized carbons (Fsp3) is 0.0870. The molecule has 0 aliphatic heterocycles. The molecule has 3 aromatic carbocycles. The molecular formula is C23H19FN4O. The number of nitrogens with one attached hydrogen (secondary N) is 1. The lowest BCUT2D eigenvalue weighted by atomic mass is 10.1. The summed E-state index contributed by atoms with van der Waals surface area (Å²) < 4.78 is 14.9. The first-order valence-electron chi connectivity index (χ1n) is 9.17. The quantitative estimate of drug-likeness (QED) is 0.540. The first kappa shape index (κ1) is 18.6. The highest BCUT2D eigenvalue weighted by Crippen LogP contribution is 2.23. The van der Waals surface area contributed by atoms with Crippen molar-refractivity contribution in [1.82, 2.24) is 15.0 Å². The SMILES string of the molecule is Cc1cccc(C)c1NC(=O)c1ccc(-n2nncc2-c2ccc(F)cc2)cc1. The standard InChI is InChI=1S/C23H19FN4O/c1-15-4-3-5-16(2)22(15)26-23(29)18-8-12-20(13-9-18)28-21(14-25-27-28)17-6-10-19(24)11-7-17/h3-14H,1-2H3,(H,26,29). The molecule has 0 saturated carbocycles. The molecule has 144 valence electrons. The van der Waals surface area contributed by atoms with Crippen LogP contribution in [0.1, 0.15) is 21.5 Å². The van der Waals surface area contributed by atoms with Crippen molar-refractivity contribution in [2.45, 2.75) is 13.8 Å². The number of carbonyl (C=O) groups excluding carboxylic acids is 1. The highest BCUT2D eigenvalue weighted by molar-refractivity contribution is 6.05. The Morgan fingerprint density at radius 1 is 0.931 bits per heavy atom. The van der Waals surface area contributed by atoms with Gasteiger partial charge in [-0.15, -0.1) is 5.10 Å². The number of aryl methyl sites for hydroxylation is 2. The van der Waals surface area contributed by atoms with Crippen LogP contribution >= 0.6 is 0 Å². The highest BCUT2D eigenvalue weighted by atomic mass is 19.1.